The van der Waals surface area contributed by atoms with Crippen LogP contribution in [0.4, 0.5) is 0 Å². The molecule has 7 rings (SSSR count). The summed E-state index contributed by atoms with van der Waals surface area (Å²) >= 11 is 0. The van der Waals surface area contributed by atoms with Crippen LogP contribution in [0, 0.1) is 46.8 Å². The van der Waals surface area contributed by atoms with Crippen LogP contribution in [0.3, 0.4) is 0 Å². The van der Waals surface area contributed by atoms with E-state index in [0.717, 1.165) is 19.3 Å². The van der Waals surface area contributed by atoms with Crippen LogP contribution in [0.5, 0.6) is 0 Å². The smallest absolute Gasteiger partial charge is 0.312 e. The van der Waals surface area contributed by atoms with Crippen molar-refractivity contribution in [1.82, 2.24) is 0 Å². The molecular formula is C22H28O9S. The molecule has 32 heavy (non-hydrogen) atoms. The molecule has 9 nitrogen and oxygen atoms in total. The van der Waals surface area contributed by atoms with Gasteiger partial charge in [-0.2, -0.15) is 8.42 Å². The zero-order valence-corrected chi connectivity index (χ0v) is 18.5. The van der Waals surface area contributed by atoms with Gasteiger partial charge in [-0.05, 0) is 62.7 Å². The molecule has 1 saturated heterocycles. The Kier molecular flexibility index (Phi) is 4.51. The lowest BCUT2D eigenvalue weighted by Crippen LogP contribution is -2.46. The van der Waals surface area contributed by atoms with Gasteiger partial charge in [0.2, 0.25) is 0 Å². The summed E-state index contributed by atoms with van der Waals surface area (Å²) in [6.45, 7) is -0.171. The van der Waals surface area contributed by atoms with Crippen LogP contribution in [-0.2, 0) is 38.7 Å². The van der Waals surface area contributed by atoms with Gasteiger partial charge < -0.3 is 14.2 Å². The lowest BCUT2D eigenvalue weighted by atomic mass is 9.69. The highest BCUT2D eigenvalue weighted by atomic mass is 32.2. The lowest BCUT2D eigenvalue weighted by molar-refractivity contribution is -0.177. The van der Waals surface area contributed by atoms with Crippen LogP contribution in [0.2, 0.25) is 0 Å². The van der Waals surface area contributed by atoms with Gasteiger partial charge in [0.1, 0.15) is 12.2 Å². The molecule has 0 amide bonds. The predicted octanol–water partition coefficient (Wildman–Crippen LogP) is 1.35. The fourth-order valence-electron chi connectivity index (χ4n) is 8.29. The maximum absolute atomic E-state index is 13.4. The average Bonchev–Trinajstić information content (AvgIpc) is 3.44. The molecule has 10 heteroatoms. The molecule has 6 bridgehead atoms. The molecule has 0 radical (unpaired) electrons. The Balaban J connectivity index is 1.15. The predicted molar refractivity (Wildman–Crippen MR) is 106 cm³/mol. The first-order chi connectivity index (χ1) is 15.2. The van der Waals surface area contributed by atoms with E-state index in [1.54, 1.807) is 0 Å². The number of carbonyl (C=O) groups excluding carboxylic acids is 3. The maximum atomic E-state index is 13.4. The molecule has 6 saturated carbocycles. The molecule has 0 aromatic rings. The number of hydrogen-bond acceptors (Lipinski definition) is 8. The van der Waals surface area contributed by atoms with E-state index in [0.29, 0.717) is 24.2 Å². The molecule has 176 valence electrons. The van der Waals surface area contributed by atoms with Gasteiger partial charge in [-0.25, -0.2) is 0 Å². The second-order valence-electron chi connectivity index (χ2n) is 10.9. The number of fused-ring (bicyclic) bond motifs is 1. The first-order valence-electron chi connectivity index (χ1n) is 11.7. The van der Waals surface area contributed by atoms with E-state index in [1.165, 1.54) is 12.8 Å². The molecule has 0 spiro atoms. The lowest BCUT2D eigenvalue weighted by Gasteiger charge is -2.38. The van der Waals surface area contributed by atoms with Crippen molar-refractivity contribution >= 4 is 28.0 Å². The highest BCUT2D eigenvalue weighted by Gasteiger charge is 2.71. The van der Waals surface area contributed by atoms with Crippen molar-refractivity contribution in [2.24, 2.45) is 46.8 Å². The number of carbonyl (C=O) groups is 3. The van der Waals surface area contributed by atoms with E-state index in [4.69, 9.17) is 18.8 Å². The standard InChI is InChI=1S/C22H28O9S/c23-19(29-2-1-3-32(26,27)28)15-13-6-14-16(15)20(24)30-17(14)18(13)31-21(25)22-7-10-4-11(8-22)12(5-10)9-22/h10-18H,1-9H2,(H,26,27,28). The molecule has 0 aromatic carbocycles. The summed E-state index contributed by atoms with van der Waals surface area (Å²) in [6.07, 6.45) is 4.53. The van der Waals surface area contributed by atoms with Gasteiger partial charge in [-0.3, -0.25) is 18.9 Å². The summed E-state index contributed by atoms with van der Waals surface area (Å²) in [5.74, 6) is -1.69. The van der Waals surface area contributed by atoms with E-state index in [1.807, 2.05) is 0 Å². The Morgan fingerprint density at radius 3 is 2.47 bits per heavy atom. The van der Waals surface area contributed by atoms with Crippen molar-refractivity contribution in [3.8, 4) is 0 Å². The largest absolute Gasteiger partial charge is 0.465 e. The Labute approximate surface area is 186 Å². The highest BCUT2D eigenvalue weighted by Crippen LogP contribution is 2.65. The summed E-state index contributed by atoms with van der Waals surface area (Å²) in [5.41, 5.74) is -0.411. The molecule has 7 fully saturated rings. The van der Waals surface area contributed by atoms with Crippen LogP contribution in [0.15, 0.2) is 0 Å². The van der Waals surface area contributed by atoms with Crippen molar-refractivity contribution in [1.29, 1.82) is 0 Å². The van der Waals surface area contributed by atoms with Crippen molar-refractivity contribution in [3.63, 3.8) is 0 Å². The molecule has 1 heterocycles. The van der Waals surface area contributed by atoms with Crippen LogP contribution in [-0.4, -0.2) is 55.4 Å². The van der Waals surface area contributed by atoms with E-state index >= 15 is 0 Å². The van der Waals surface area contributed by atoms with E-state index in [-0.39, 0.29) is 30.8 Å². The Morgan fingerprint density at radius 2 is 1.81 bits per heavy atom. The van der Waals surface area contributed by atoms with Gasteiger partial charge in [-0.15, -0.1) is 0 Å². The van der Waals surface area contributed by atoms with Gasteiger partial charge >= 0.3 is 17.9 Å². The van der Waals surface area contributed by atoms with Crippen molar-refractivity contribution in [2.75, 3.05) is 12.4 Å². The molecule has 8 unspecified atom stereocenters. The minimum Gasteiger partial charge on any atom is -0.465 e. The number of esters is 3. The molecule has 0 aromatic heterocycles. The van der Waals surface area contributed by atoms with Gasteiger partial charge in [0, 0.05) is 11.8 Å². The average molecular weight is 469 g/mol. The Hall–Kier alpha value is -1.68. The number of rotatable bonds is 7. The van der Waals surface area contributed by atoms with Crippen LogP contribution in [0.25, 0.3) is 0 Å². The fourth-order valence-corrected chi connectivity index (χ4v) is 8.77. The van der Waals surface area contributed by atoms with Crippen LogP contribution >= 0.6 is 0 Å². The Bertz CT molecular complexity index is 954. The molecule has 1 aliphatic heterocycles. The second-order valence-corrected chi connectivity index (χ2v) is 12.5. The van der Waals surface area contributed by atoms with Crippen LogP contribution in [0.1, 0.15) is 44.9 Å². The number of hydrogen-bond donors (Lipinski definition) is 1. The molecule has 1 N–H and O–H groups in total. The normalized spacial score (nSPS) is 47.2. The zero-order valence-electron chi connectivity index (χ0n) is 17.7. The minimum absolute atomic E-state index is 0.0342. The summed E-state index contributed by atoms with van der Waals surface area (Å²) in [4.78, 5) is 38.7. The van der Waals surface area contributed by atoms with Gasteiger partial charge in [-0.1, -0.05) is 0 Å². The second kappa shape index (κ2) is 6.91. The van der Waals surface area contributed by atoms with Crippen LogP contribution < -0.4 is 0 Å². The van der Waals surface area contributed by atoms with Gasteiger partial charge in [0.05, 0.1) is 29.6 Å². The SMILES string of the molecule is O=C1OC2C3CC(C2OC(=O)C24CC5CC(C2)C(C5)C4)C(C(=O)OCCCS(=O)(=O)O)C13. The molecular weight excluding hydrogens is 440 g/mol. The summed E-state index contributed by atoms with van der Waals surface area (Å²) in [7, 11) is -4.13. The van der Waals surface area contributed by atoms with E-state index in [2.05, 4.69) is 0 Å². The van der Waals surface area contributed by atoms with Gasteiger partial charge in [0.15, 0.2) is 0 Å². The van der Waals surface area contributed by atoms with Crippen molar-refractivity contribution in [3.05, 3.63) is 0 Å². The third kappa shape index (κ3) is 3.04. The van der Waals surface area contributed by atoms with E-state index < -0.39 is 57.3 Å². The van der Waals surface area contributed by atoms with Crippen molar-refractivity contribution in [2.45, 2.75) is 57.2 Å². The Morgan fingerprint density at radius 1 is 1.09 bits per heavy atom. The number of ether oxygens (including phenoxy) is 3. The summed E-state index contributed by atoms with van der Waals surface area (Å²) in [6, 6.07) is 0. The topological polar surface area (TPSA) is 133 Å². The fraction of sp³-hybridized carbons (Fsp3) is 0.864. The molecule has 6 aliphatic carbocycles. The highest BCUT2D eigenvalue weighted by molar-refractivity contribution is 7.85. The quantitative estimate of drug-likeness (QED) is 0.254. The summed E-state index contributed by atoms with van der Waals surface area (Å²) < 4.78 is 47.4. The monoisotopic (exact) mass is 468 g/mol. The van der Waals surface area contributed by atoms with Crippen molar-refractivity contribution < 1.29 is 41.6 Å². The molecule has 8 atom stereocenters. The summed E-state index contributed by atoms with van der Waals surface area (Å²) in [5, 5.41) is 0. The first-order valence-corrected chi connectivity index (χ1v) is 13.3. The van der Waals surface area contributed by atoms with Gasteiger partial charge in [0.25, 0.3) is 10.1 Å². The maximum Gasteiger partial charge on any atom is 0.312 e. The molecule has 7 aliphatic rings. The van der Waals surface area contributed by atoms with E-state index in [9.17, 15) is 22.8 Å². The first kappa shape index (κ1) is 20.9. The third-order valence-electron chi connectivity index (χ3n) is 9.21. The zero-order chi connectivity index (χ0) is 22.4. The third-order valence-corrected chi connectivity index (χ3v) is 10.0. The minimum atomic E-state index is -4.13.